The second-order valence-corrected chi connectivity index (χ2v) is 4.28. The summed E-state index contributed by atoms with van der Waals surface area (Å²) < 4.78 is 0. The number of allylic oxidation sites excluding steroid dienone is 3. The second kappa shape index (κ2) is 6.85. The van der Waals surface area contributed by atoms with Crippen molar-refractivity contribution in [3.05, 3.63) is 66.8 Å². The summed E-state index contributed by atoms with van der Waals surface area (Å²) in [4.78, 5) is 11.6. The van der Waals surface area contributed by atoms with Crippen molar-refractivity contribution in [3.8, 4) is 0 Å². The maximum Gasteiger partial charge on any atom is 0.150 e. The third-order valence-electron chi connectivity index (χ3n) is 1.91. The summed E-state index contributed by atoms with van der Waals surface area (Å²) in [5.41, 5.74) is 1.75. The molecule has 0 aliphatic heterocycles. The summed E-state index contributed by atoms with van der Waals surface area (Å²) >= 11 is 1.70. The van der Waals surface area contributed by atoms with Gasteiger partial charge in [0.15, 0.2) is 0 Å². The highest BCUT2D eigenvalue weighted by Gasteiger charge is 1.95. The van der Waals surface area contributed by atoms with Crippen molar-refractivity contribution in [2.45, 2.75) is 4.90 Å². The van der Waals surface area contributed by atoms with E-state index in [-0.39, 0.29) is 0 Å². The van der Waals surface area contributed by atoms with Crippen molar-refractivity contribution in [1.29, 1.82) is 0 Å². The van der Waals surface area contributed by atoms with E-state index in [9.17, 15) is 4.79 Å². The lowest BCUT2D eigenvalue weighted by atomic mass is 10.2. The van der Waals surface area contributed by atoms with Gasteiger partial charge in [0.2, 0.25) is 0 Å². The molecule has 0 aliphatic carbocycles. The number of aldehydes is 1. The summed E-state index contributed by atoms with van der Waals surface area (Å²) in [6, 6.07) is 7.52. The fourth-order valence-corrected chi connectivity index (χ4v) is 1.85. The molecule has 0 bridgehead atoms. The van der Waals surface area contributed by atoms with Crippen molar-refractivity contribution in [1.82, 2.24) is 0 Å². The molecule has 0 heterocycles. The van der Waals surface area contributed by atoms with Crippen LogP contribution in [0.3, 0.4) is 0 Å². The van der Waals surface area contributed by atoms with E-state index < -0.39 is 0 Å². The minimum Gasteiger partial charge on any atom is -0.298 e. The first-order valence-electron chi connectivity index (χ1n) is 4.91. The molecule has 16 heavy (non-hydrogen) atoms. The number of carbonyl (C=O) groups is 1. The lowest BCUT2D eigenvalue weighted by Crippen LogP contribution is -1.83. The first-order chi connectivity index (χ1) is 7.76. The molecule has 0 aliphatic rings. The fourth-order valence-electron chi connectivity index (χ4n) is 1.07. The number of carbonyl (C=O) groups excluding carboxylic acids is 1. The molecule has 1 aromatic rings. The Bertz CT molecular complexity index is 401. The minimum atomic E-state index is 0.703. The van der Waals surface area contributed by atoms with Gasteiger partial charge in [-0.15, -0.1) is 11.8 Å². The SMILES string of the molecule is C=C/C=C\C(=C)CSc1ccc(C=O)cc1. The van der Waals surface area contributed by atoms with Crippen LogP contribution in [0.4, 0.5) is 0 Å². The molecular weight excluding hydrogens is 216 g/mol. The van der Waals surface area contributed by atoms with Crippen LogP contribution in [0.5, 0.6) is 0 Å². The maximum absolute atomic E-state index is 10.5. The Kier molecular flexibility index (Phi) is 5.37. The van der Waals surface area contributed by atoms with Gasteiger partial charge in [-0.1, -0.05) is 43.5 Å². The Labute approximate surface area is 101 Å². The molecule has 0 saturated heterocycles. The van der Waals surface area contributed by atoms with Crippen molar-refractivity contribution in [2.24, 2.45) is 0 Å². The van der Waals surface area contributed by atoms with Gasteiger partial charge in [-0.05, 0) is 17.7 Å². The van der Waals surface area contributed by atoms with Crippen LogP contribution in [-0.4, -0.2) is 12.0 Å². The van der Waals surface area contributed by atoms with E-state index in [1.54, 1.807) is 17.8 Å². The van der Waals surface area contributed by atoms with Crippen molar-refractivity contribution in [3.63, 3.8) is 0 Å². The fraction of sp³-hybridized carbons (Fsp3) is 0.0714. The average Bonchev–Trinajstić information content (AvgIpc) is 2.34. The molecule has 0 unspecified atom stereocenters. The summed E-state index contributed by atoms with van der Waals surface area (Å²) in [5, 5.41) is 0. The number of thioether (sulfide) groups is 1. The summed E-state index contributed by atoms with van der Waals surface area (Å²) in [5.74, 6) is 0.838. The topological polar surface area (TPSA) is 17.1 Å². The van der Waals surface area contributed by atoms with E-state index in [1.807, 2.05) is 36.4 Å². The number of hydrogen-bond donors (Lipinski definition) is 0. The Morgan fingerprint density at radius 1 is 1.31 bits per heavy atom. The van der Waals surface area contributed by atoms with Crippen LogP contribution in [0.25, 0.3) is 0 Å². The molecule has 0 spiro atoms. The van der Waals surface area contributed by atoms with E-state index in [4.69, 9.17) is 0 Å². The highest BCUT2D eigenvalue weighted by Crippen LogP contribution is 2.20. The summed E-state index contributed by atoms with van der Waals surface area (Å²) in [6.07, 6.45) is 6.40. The lowest BCUT2D eigenvalue weighted by Gasteiger charge is -2.01. The van der Waals surface area contributed by atoms with E-state index in [0.29, 0.717) is 5.56 Å². The highest BCUT2D eigenvalue weighted by atomic mass is 32.2. The monoisotopic (exact) mass is 230 g/mol. The van der Waals surface area contributed by atoms with Gasteiger partial charge in [0.25, 0.3) is 0 Å². The van der Waals surface area contributed by atoms with Crippen LogP contribution in [0.2, 0.25) is 0 Å². The number of rotatable bonds is 6. The highest BCUT2D eigenvalue weighted by molar-refractivity contribution is 7.99. The smallest absolute Gasteiger partial charge is 0.150 e. The van der Waals surface area contributed by atoms with Crippen molar-refractivity contribution < 1.29 is 4.79 Å². The van der Waals surface area contributed by atoms with Gasteiger partial charge >= 0.3 is 0 Å². The van der Waals surface area contributed by atoms with Crippen molar-refractivity contribution >= 4 is 18.0 Å². The molecule has 0 atom stereocenters. The maximum atomic E-state index is 10.5. The molecule has 0 radical (unpaired) electrons. The predicted molar refractivity (Wildman–Crippen MR) is 71.0 cm³/mol. The molecule has 82 valence electrons. The largest absolute Gasteiger partial charge is 0.298 e. The van der Waals surface area contributed by atoms with Gasteiger partial charge in [-0.25, -0.2) is 0 Å². The van der Waals surface area contributed by atoms with Gasteiger partial charge in [0.05, 0.1) is 0 Å². The van der Waals surface area contributed by atoms with Crippen LogP contribution in [0, 0.1) is 0 Å². The zero-order valence-electron chi connectivity index (χ0n) is 9.06. The van der Waals surface area contributed by atoms with Gasteiger partial charge in [0.1, 0.15) is 6.29 Å². The molecule has 0 aromatic heterocycles. The zero-order chi connectivity index (χ0) is 11.8. The van der Waals surface area contributed by atoms with Crippen molar-refractivity contribution in [2.75, 3.05) is 5.75 Å². The first-order valence-corrected chi connectivity index (χ1v) is 5.89. The van der Waals surface area contributed by atoms with Gasteiger partial charge < -0.3 is 0 Å². The molecule has 0 amide bonds. The van der Waals surface area contributed by atoms with Gasteiger partial charge in [-0.3, -0.25) is 4.79 Å². The van der Waals surface area contributed by atoms with E-state index in [0.717, 1.165) is 22.5 Å². The normalized spacial score (nSPS) is 10.2. The summed E-state index contributed by atoms with van der Waals surface area (Å²) in [7, 11) is 0. The Morgan fingerprint density at radius 2 is 2.00 bits per heavy atom. The van der Waals surface area contributed by atoms with E-state index in [2.05, 4.69) is 13.2 Å². The molecule has 1 nitrogen and oxygen atoms in total. The third-order valence-corrected chi connectivity index (χ3v) is 3.03. The summed E-state index contributed by atoms with van der Waals surface area (Å²) in [6.45, 7) is 7.53. The Morgan fingerprint density at radius 3 is 2.56 bits per heavy atom. The van der Waals surface area contributed by atoms with Gasteiger partial charge in [0, 0.05) is 16.2 Å². The Hall–Kier alpha value is -1.54. The lowest BCUT2D eigenvalue weighted by molar-refractivity contribution is 0.112. The van der Waals surface area contributed by atoms with Crippen LogP contribution < -0.4 is 0 Å². The minimum absolute atomic E-state index is 0.703. The number of benzene rings is 1. The zero-order valence-corrected chi connectivity index (χ0v) is 9.87. The van der Waals surface area contributed by atoms with Gasteiger partial charge in [-0.2, -0.15) is 0 Å². The van der Waals surface area contributed by atoms with Crippen LogP contribution in [-0.2, 0) is 0 Å². The molecule has 0 N–H and O–H groups in total. The standard InChI is InChI=1S/C14H14OS/c1-3-4-5-12(2)11-16-14-8-6-13(10-15)7-9-14/h3-10H,1-2,11H2/b5-4-. The number of hydrogen-bond acceptors (Lipinski definition) is 2. The third kappa shape index (κ3) is 4.32. The van der Waals surface area contributed by atoms with E-state index in [1.165, 1.54) is 0 Å². The van der Waals surface area contributed by atoms with Crippen LogP contribution in [0.1, 0.15) is 10.4 Å². The molecular formula is C14H14OS. The average molecular weight is 230 g/mol. The molecule has 1 aromatic carbocycles. The predicted octanol–water partition coefficient (Wildman–Crippen LogP) is 3.89. The molecule has 0 saturated carbocycles. The van der Waals surface area contributed by atoms with Crippen LogP contribution >= 0.6 is 11.8 Å². The second-order valence-electron chi connectivity index (χ2n) is 3.23. The molecule has 2 heteroatoms. The van der Waals surface area contributed by atoms with E-state index >= 15 is 0 Å². The Balaban J connectivity index is 2.48. The quantitative estimate of drug-likeness (QED) is 0.419. The van der Waals surface area contributed by atoms with Crippen LogP contribution in [0.15, 0.2) is 66.1 Å². The first kappa shape index (κ1) is 12.5. The molecule has 0 fully saturated rings. The molecule has 1 rings (SSSR count).